The maximum absolute atomic E-state index is 12.9. The molecule has 1 amide bonds. The number of rotatable bonds is 7. The zero-order valence-corrected chi connectivity index (χ0v) is 19.4. The molecular weight excluding hydrogens is 460 g/mol. The summed E-state index contributed by atoms with van der Waals surface area (Å²) in [4.78, 5) is 36.5. The number of nitrogens with zero attached hydrogens (tertiary/aromatic N) is 1. The maximum Gasteiger partial charge on any atom is 0.269 e. The minimum Gasteiger partial charge on any atom is -0.322 e. The number of nitrogens with one attached hydrogen (secondary N) is 1. The van der Waals surface area contributed by atoms with Gasteiger partial charge in [0.1, 0.15) is 0 Å². The maximum atomic E-state index is 12.9. The van der Waals surface area contributed by atoms with Gasteiger partial charge in [-0.25, -0.2) is 0 Å². The predicted octanol–water partition coefficient (Wildman–Crippen LogP) is 6.39. The number of anilines is 1. The zero-order chi connectivity index (χ0) is 24.4. The number of hydrogen-bond acceptors (Lipinski definition) is 5. The summed E-state index contributed by atoms with van der Waals surface area (Å²) >= 11 is 1.41. The van der Waals surface area contributed by atoms with Crippen LogP contribution in [-0.4, -0.2) is 22.4 Å². The Hall–Kier alpha value is -4.23. The molecule has 172 valence electrons. The van der Waals surface area contributed by atoms with Crippen LogP contribution in [0.3, 0.4) is 0 Å². The van der Waals surface area contributed by atoms with Crippen molar-refractivity contribution in [2.45, 2.75) is 11.3 Å². The molecule has 0 bridgehead atoms. The van der Waals surface area contributed by atoms with Gasteiger partial charge < -0.3 is 5.32 Å². The normalized spacial score (nSPS) is 11.4. The van der Waals surface area contributed by atoms with Crippen molar-refractivity contribution in [1.29, 1.82) is 0 Å². The fraction of sp³-hybridized carbons (Fsp3) is 0.0714. The molecule has 1 aliphatic rings. The largest absolute Gasteiger partial charge is 0.322 e. The van der Waals surface area contributed by atoms with E-state index in [2.05, 4.69) is 17.4 Å². The van der Waals surface area contributed by atoms with Gasteiger partial charge in [0, 0.05) is 33.8 Å². The van der Waals surface area contributed by atoms with E-state index in [4.69, 9.17) is 0 Å². The molecule has 4 aromatic carbocycles. The molecule has 0 spiro atoms. The first kappa shape index (κ1) is 22.6. The fourth-order valence-corrected chi connectivity index (χ4v) is 5.00. The summed E-state index contributed by atoms with van der Waals surface area (Å²) in [6, 6.07) is 26.9. The lowest BCUT2D eigenvalue weighted by atomic mass is 10.0. The van der Waals surface area contributed by atoms with Crippen molar-refractivity contribution in [1.82, 2.24) is 0 Å². The second-order valence-corrected chi connectivity index (χ2v) is 9.25. The smallest absolute Gasteiger partial charge is 0.269 e. The highest BCUT2D eigenvalue weighted by Crippen LogP contribution is 2.37. The molecule has 0 unspecified atom stereocenters. The van der Waals surface area contributed by atoms with Crippen LogP contribution in [0.15, 0.2) is 95.9 Å². The SMILES string of the molecule is O=C(CSc1cccc(NC(=O)c2ccc([N+](=O)[O-])cc2)c1)c1ccc2c(c1)Cc1ccccc1-2. The van der Waals surface area contributed by atoms with E-state index in [-0.39, 0.29) is 23.1 Å². The van der Waals surface area contributed by atoms with Crippen molar-refractivity contribution >= 4 is 34.8 Å². The minimum absolute atomic E-state index is 0.0501. The van der Waals surface area contributed by atoms with E-state index >= 15 is 0 Å². The van der Waals surface area contributed by atoms with Crippen LogP contribution in [0, 0.1) is 10.1 Å². The molecule has 0 radical (unpaired) electrons. The van der Waals surface area contributed by atoms with E-state index in [0.29, 0.717) is 16.8 Å². The van der Waals surface area contributed by atoms with E-state index in [1.54, 1.807) is 12.1 Å². The second-order valence-electron chi connectivity index (χ2n) is 8.20. The van der Waals surface area contributed by atoms with Gasteiger partial charge in [-0.1, -0.05) is 42.5 Å². The van der Waals surface area contributed by atoms with Crippen LogP contribution >= 0.6 is 11.8 Å². The van der Waals surface area contributed by atoms with E-state index < -0.39 is 4.92 Å². The summed E-state index contributed by atoms with van der Waals surface area (Å²) in [7, 11) is 0. The lowest BCUT2D eigenvalue weighted by Gasteiger charge is -2.08. The van der Waals surface area contributed by atoms with E-state index in [1.165, 1.54) is 58.3 Å². The molecular formula is C28H20N2O4S. The summed E-state index contributed by atoms with van der Waals surface area (Å²) < 4.78 is 0. The van der Waals surface area contributed by atoms with Crippen molar-refractivity contribution < 1.29 is 14.5 Å². The third-order valence-corrected chi connectivity index (χ3v) is 6.91. The average molecular weight is 481 g/mol. The summed E-state index contributed by atoms with van der Waals surface area (Å²) in [5.74, 6) is -0.0304. The van der Waals surface area contributed by atoms with E-state index in [0.717, 1.165) is 11.3 Å². The van der Waals surface area contributed by atoms with Crippen LogP contribution in [0.25, 0.3) is 11.1 Å². The van der Waals surface area contributed by atoms with Crippen molar-refractivity contribution in [3.63, 3.8) is 0 Å². The van der Waals surface area contributed by atoms with E-state index in [1.807, 2.05) is 42.5 Å². The number of Topliss-reactive ketones (excluding diaryl/α,β-unsaturated/α-hetero) is 1. The van der Waals surface area contributed by atoms with Crippen molar-refractivity contribution in [2.24, 2.45) is 0 Å². The third kappa shape index (κ3) is 4.85. The molecule has 7 heteroatoms. The van der Waals surface area contributed by atoms with Crippen molar-refractivity contribution in [2.75, 3.05) is 11.1 Å². The molecule has 0 aliphatic heterocycles. The van der Waals surface area contributed by atoms with Gasteiger partial charge >= 0.3 is 0 Å². The molecule has 35 heavy (non-hydrogen) atoms. The number of ketones is 1. The number of carbonyl (C=O) groups excluding carboxylic acids is 2. The Labute approximate surface area is 206 Å². The van der Waals surface area contributed by atoms with Crippen LogP contribution in [0.1, 0.15) is 31.8 Å². The van der Waals surface area contributed by atoms with E-state index in [9.17, 15) is 19.7 Å². The lowest BCUT2D eigenvalue weighted by Crippen LogP contribution is -2.11. The number of thioether (sulfide) groups is 1. The Balaban J connectivity index is 1.22. The number of carbonyl (C=O) groups is 2. The summed E-state index contributed by atoms with van der Waals surface area (Å²) in [6.07, 6.45) is 0.844. The minimum atomic E-state index is -0.509. The van der Waals surface area contributed by atoms with Gasteiger partial charge in [0.25, 0.3) is 11.6 Å². The van der Waals surface area contributed by atoms with Gasteiger partial charge in [0.05, 0.1) is 10.7 Å². The standard InChI is InChI=1S/C28H20N2O4S/c31-27(20-10-13-26-21(15-20)14-19-4-1-2-7-25(19)26)17-35-24-6-3-5-22(16-24)29-28(32)18-8-11-23(12-9-18)30(33)34/h1-13,15-16H,14,17H2,(H,29,32). The molecule has 0 atom stereocenters. The second kappa shape index (κ2) is 9.56. The number of benzene rings is 4. The predicted molar refractivity (Wildman–Crippen MR) is 137 cm³/mol. The fourth-order valence-electron chi connectivity index (χ4n) is 4.15. The van der Waals surface area contributed by atoms with Crippen molar-refractivity contribution in [3.05, 3.63) is 123 Å². The Morgan fingerprint density at radius 1 is 0.829 bits per heavy atom. The molecule has 0 aromatic heterocycles. The lowest BCUT2D eigenvalue weighted by molar-refractivity contribution is -0.384. The van der Waals surface area contributed by atoms with Crippen LogP contribution in [0.4, 0.5) is 11.4 Å². The molecule has 1 aliphatic carbocycles. The van der Waals surface area contributed by atoms with Gasteiger partial charge in [-0.15, -0.1) is 11.8 Å². The zero-order valence-electron chi connectivity index (χ0n) is 18.6. The molecule has 1 N–H and O–H groups in total. The molecule has 0 fully saturated rings. The summed E-state index contributed by atoms with van der Waals surface area (Å²) in [6.45, 7) is 0. The molecule has 6 nitrogen and oxygen atoms in total. The first-order chi connectivity index (χ1) is 17.0. The summed E-state index contributed by atoms with van der Waals surface area (Å²) in [5.41, 5.74) is 6.43. The molecule has 5 rings (SSSR count). The number of nitro benzene ring substituents is 1. The number of fused-ring (bicyclic) bond motifs is 3. The van der Waals surface area contributed by atoms with Crippen LogP contribution in [-0.2, 0) is 6.42 Å². The number of nitro groups is 1. The Morgan fingerprint density at radius 2 is 1.57 bits per heavy atom. The van der Waals surface area contributed by atoms with Gasteiger partial charge in [0.15, 0.2) is 5.78 Å². The van der Waals surface area contributed by atoms with Gasteiger partial charge in [-0.05, 0) is 65.1 Å². The quantitative estimate of drug-likeness (QED) is 0.126. The number of amides is 1. The summed E-state index contributed by atoms with van der Waals surface area (Å²) in [5, 5.41) is 13.6. The molecule has 4 aromatic rings. The average Bonchev–Trinajstić information content (AvgIpc) is 3.25. The third-order valence-electron chi connectivity index (χ3n) is 5.92. The highest BCUT2D eigenvalue weighted by molar-refractivity contribution is 8.00. The highest BCUT2D eigenvalue weighted by Gasteiger charge is 2.19. The highest BCUT2D eigenvalue weighted by atomic mass is 32.2. The van der Waals surface area contributed by atoms with Gasteiger partial charge in [0.2, 0.25) is 0 Å². The molecule has 0 saturated carbocycles. The van der Waals surface area contributed by atoms with Gasteiger partial charge in [-0.2, -0.15) is 0 Å². The van der Waals surface area contributed by atoms with Crippen LogP contribution in [0.5, 0.6) is 0 Å². The molecule has 0 saturated heterocycles. The van der Waals surface area contributed by atoms with Crippen LogP contribution in [0.2, 0.25) is 0 Å². The van der Waals surface area contributed by atoms with Gasteiger partial charge in [-0.3, -0.25) is 19.7 Å². The molecule has 0 heterocycles. The number of hydrogen-bond donors (Lipinski definition) is 1. The van der Waals surface area contributed by atoms with Crippen molar-refractivity contribution in [3.8, 4) is 11.1 Å². The Kier molecular flexibility index (Phi) is 6.16. The first-order valence-electron chi connectivity index (χ1n) is 11.0. The van der Waals surface area contributed by atoms with Crippen LogP contribution < -0.4 is 5.32 Å². The number of non-ortho nitro benzene ring substituents is 1. The first-order valence-corrected chi connectivity index (χ1v) is 12.0. The topological polar surface area (TPSA) is 89.3 Å². The monoisotopic (exact) mass is 480 g/mol. The Bertz CT molecular complexity index is 1460. The Morgan fingerprint density at radius 3 is 2.37 bits per heavy atom.